The van der Waals surface area contributed by atoms with Crippen LogP contribution in [0.25, 0.3) is 6.08 Å². The Morgan fingerprint density at radius 2 is 2.20 bits per heavy atom. The average Bonchev–Trinajstić information content (AvgIpc) is 2.24. The Morgan fingerprint density at radius 3 is 2.87 bits per heavy atom. The van der Waals surface area contributed by atoms with Crippen molar-refractivity contribution in [3.63, 3.8) is 0 Å². The van der Waals surface area contributed by atoms with Crippen LogP contribution >= 0.6 is 11.8 Å². The number of benzene rings is 1. The Bertz CT molecular complexity index is 358. The summed E-state index contributed by atoms with van der Waals surface area (Å²) in [5, 5.41) is 8.55. The van der Waals surface area contributed by atoms with E-state index in [2.05, 4.69) is 6.92 Å². The minimum atomic E-state index is -0.909. The van der Waals surface area contributed by atoms with E-state index in [1.165, 1.54) is 11.6 Å². The predicted octanol–water partition coefficient (Wildman–Crippen LogP) is 3.04. The molecule has 0 amide bonds. The van der Waals surface area contributed by atoms with Gasteiger partial charge in [0.25, 0.3) is 0 Å². The van der Waals surface area contributed by atoms with Crippen molar-refractivity contribution >= 4 is 23.8 Å². The van der Waals surface area contributed by atoms with E-state index >= 15 is 0 Å². The van der Waals surface area contributed by atoms with Gasteiger partial charge in [0, 0.05) is 11.8 Å². The normalized spacial score (nSPS) is 10.7. The molecule has 0 aliphatic heterocycles. The van der Waals surface area contributed by atoms with Crippen molar-refractivity contribution < 1.29 is 9.90 Å². The predicted molar refractivity (Wildman–Crippen MR) is 64.9 cm³/mol. The first-order valence-corrected chi connectivity index (χ1v) is 5.96. The summed E-state index contributed by atoms with van der Waals surface area (Å²) < 4.78 is 0. The molecule has 1 aromatic carbocycles. The first-order valence-electron chi connectivity index (χ1n) is 4.80. The molecule has 0 spiro atoms. The second-order valence-corrected chi connectivity index (χ2v) is 4.28. The summed E-state index contributed by atoms with van der Waals surface area (Å²) in [4.78, 5) is 10.4. The van der Waals surface area contributed by atoms with Crippen LogP contribution < -0.4 is 0 Å². The molecule has 0 atom stereocenters. The molecule has 2 nitrogen and oxygen atoms in total. The topological polar surface area (TPSA) is 37.3 Å². The van der Waals surface area contributed by atoms with Crippen molar-refractivity contribution in [2.75, 3.05) is 5.75 Å². The fourth-order valence-corrected chi connectivity index (χ4v) is 1.89. The van der Waals surface area contributed by atoms with Gasteiger partial charge in [-0.25, -0.2) is 4.79 Å². The van der Waals surface area contributed by atoms with Crippen LogP contribution in [0, 0.1) is 0 Å². The van der Waals surface area contributed by atoms with E-state index in [1.807, 2.05) is 36.0 Å². The Hall–Kier alpha value is -1.22. The number of rotatable bonds is 5. The van der Waals surface area contributed by atoms with Gasteiger partial charge < -0.3 is 5.11 Å². The van der Waals surface area contributed by atoms with Crippen LogP contribution in [0.4, 0.5) is 0 Å². The van der Waals surface area contributed by atoms with Crippen molar-refractivity contribution in [1.29, 1.82) is 0 Å². The van der Waals surface area contributed by atoms with Crippen LogP contribution in [0.5, 0.6) is 0 Å². The van der Waals surface area contributed by atoms with Gasteiger partial charge in [-0.1, -0.05) is 31.2 Å². The van der Waals surface area contributed by atoms with Gasteiger partial charge in [0.1, 0.15) is 0 Å². The van der Waals surface area contributed by atoms with Crippen LogP contribution in [0.15, 0.2) is 30.3 Å². The van der Waals surface area contributed by atoms with Gasteiger partial charge in [-0.2, -0.15) is 11.8 Å². The van der Waals surface area contributed by atoms with E-state index in [0.717, 1.165) is 17.1 Å². The first kappa shape index (κ1) is 11.9. The smallest absolute Gasteiger partial charge is 0.328 e. The molecule has 1 rings (SSSR count). The fraction of sp³-hybridized carbons (Fsp3) is 0.250. The van der Waals surface area contributed by atoms with Crippen molar-refractivity contribution in [2.24, 2.45) is 0 Å². The summed E-state index contributed by atoms with van der Waals surface area (Å²) in [6.45, 7) is 2.11. The van der Waals surface area contributed by atoms with Gasteiger partial charge in [0.2, 0.25) is 0 Å². The van der Waals surface area contributed by atoms with E-state index in [4.69, 9.17) is 5.11 Å². The molecule has 0 fully saturated rings. The maximum absolute atomic E-state index is 10.4. The van der Waals surface area contributed by atoms with Crippen LogP contribution in [0.1, 0.15) is 18.1 Å². The van der Waals surface area contributed by atoms with Crippen LogP contribution in [0.3, 0.4) is 0 Å². The Balaban J connectivity index is 2.81. The number of aliphatic carboxylic acids is 1. The SMILES string of the molecule is CCSCc1ccccc1C=CC(=O)O. The molecule has 0 aliphatic carbocycles. The van der Waals surface area contributed by atoms with Gasteiger partial charge in [-0.15, -0.1) is 0 Å². The molecule has 15 heavy (non-hydrogen) atoms. The monoisotopic (exact) mass is 222 g/mol. The van der Waals surface area contributed by atoms with Crippen molar-refractivity contribution in [3.8, 4) is 0 Å². The van der Waals surface area contributed by atoms with Crippen LogP contribution in [-0.2, 0) is 10.5 Å². The number of carbonyl (C=O) groups is 1. The third-order valence-corrected chi connectivity index (χ3v) is 2.85. The molecular formula is C12H14O2S. The molecule has 0 heterocycles. The van der Waals surface area contributed by atoms with Gasteiger partial charge in [-0.05, 0) is 23.0 Å². The zero-order valence-corrected chi connectivity index (χ0v) is 9.46. The summed E-state index contributed by atoms with van der Waals surface area (Å²) in [5.74, 6) is 1.08. The molecule has 0 aliphatic rings. The molecule has 3 heteroatoms. The highest BCUT2D eigenvalue weighted by Crippen LogP contribution is 2.17. The highest BCUT2D eigenvalue weighted by Gasteiger charge is 1.98. The van der Waals surface area contributed by atoms with E-state index < -0.39 is 5.97 Å². The third kappa shape index (κ3) is 4.21. The van der Waals surface area contributed by atoms with Gasteiger partial charge in [0.05, 0.1) is 0 Å². The lowest BCUT2D eigenvalue weighted by Crippen LogP contribution is -1.89. The molecule has 0 saturated heterocycles. The van der Waals surface area contributed by atoms with Crippen molar-refractivity contribution in [1.82, 2.24) is 0 Å². The molecule has 1 N–H and O–H groups in total. The standard InChI is InChI=1S/C12H14O2S/c1-2-15-9-11-6-4-3-5-10(11)7-8-12(13)14/h3-8H,2,9H2,1H3,(H,13,14). The summed E-state index contributed by atoms with van der Waals surface area (Å²) in [5.41, 5.74) is 2.17. The van der Waals surface area contributed by atoms with Gasteiger partial charge in [0.15, 0.2) is 0 Å². The second-order valence-electron chi connectivity index (χ2n) is 3.01. The van der Waals surface area contributed by atoms with Crippen LogP contribution in [-0.4, -0.2) is 16.8 Å². The molecule has 0 bridgehead atoms. The minimum Gasteiger partial charge on any atom is -0.478 e. The molecule has 0 unspecified atom stereocenters. The maximum Gasteiger partial charge on any atom is 0.328 e. The molecule has 1 aromatic rings. The molecule has 0 saturated carbocycles. The number of hydrogen-bond donors (Lipinski definition) is 1. The second kappa shape index (κ2) is 6.30. The van der Waals surface area contributed by atoms with Gasteiger partial charge in [-0.3, -0.25) is 0 Å². The largest absolute Gasteiger partial charge is 0.478 e. The van der Waals surface area contributed by atoms with Crippen molar-refractivity contribution in [3.05, 3.63) is 41.5 Å². The molecule has 80 valence electrons. The van der Waals surface area contributed by atoms with Gasteiger partial charge >= 0.3 is 5.97 Å². The van der Waals surface area contributed by atoms with E-state index in [9.17, 15) is 4.79 Å². The maximum atomic E-state index is 10.4. The molecular weight excluding hydrogens is 208 g/mol. The number of hydrogen-bond acceptors (Lipinski definition) is 2. The number of carboxylic acids is 1. The highest BCUT2D eigenvalue weighted by atomic mass is 32.2. The quantitative estimate of drug-likeness (QED) is 0.778. The summed E-state index contributed by atoms with van der Waals surface area (Å²) in [6, 6.07) is 7.86. The Morgan fingerprint density at radius 1 is 1.47 bits per heavy atom. The van der Waals surface area contributed by atoms with Crippen LogP contribution in [0.2, 0.25) is 0 Å². The van der Waals surface area contributed by atoms with Crippen molar-refractivity contribution in [2.45, 2.75) is 12.7 Å². The summed E-state index contributed by atoms with van der Waals surface area (Å²) in [7, 11) is 0. The fourth-order valence-electron chi connectivity index (χ4n) is 1.20. The lowest BCUT2D eigenvalue weighted by atomic mass is 10.1. The highest BCUT2D eigenvalue weighted by molar-refractivity contribution is 7.98. The van der Waals surface area contributed by atoms with E-state index in [0.29, 0.717) is 0 Å². The lowest BCUT2D eigenvalue weighted by Gasteiger charge is -2.03. The molecule has 0 radical (unpaired) electrons. The minimum absolute atomic E-state index is 0.909. The number of carboxylic acid groups (broad SMARTS) is 1. The Labute approximate surface area is 94.0 Å². The zero-order valence-electron chi connectivity index (χ0n) is 8.64. The van der Waals surface area contributed by atoms with E-state index in [-0.39, 0.29) is 0 Å². The lowest BCUT2D eigenvalue weighted by molar-refractivity contribution is -0.131. The summed E-state index contributed by atoms with van der Waals surface area (Å²) in [6.07, 6.45) is 2.82. The zero-order chi connectivity index (χ0) is 11.1. The third-order valence-electron chi connectivity index (χ3n) is 1.92. The first-order chi connectivity index (χ1) is 7.24. The molecule has 0 aromatic heterocycles. The average molecular weight is 222 g/mol. The van der Waals surface area contributed by atoms with E-state index in [1.54, 1.807) is 6.08 Å². The summed E-state index contributed by atoms with van der Waals surface area (Å²) >= 11 is 1.83. The Kier molecular flexibility index (Phi) is 4.98. The number of thioether (sulfide) groups is 1.